The van der Waals surface area contributed by atoms with Crippen LogP contribution in [0, 0.1) is 6.92 Å². The Morgan fingerprint density at radius 2 is 1.56 bits per heavy atom. The third-order valence-electron chi connectivity index (χ3n) is 5.50. The van der Waals surface area contributed by atoms with Crippen LogP contribution in [0.25, 0.3) is 0 Å². The van der Waals surface area contributed by atoms with Gasteiger partial charge in [-0.3, -0.25) is 4.79 Å². The highest BCUT2D eigenvalue weighted by molar-refractivity contribution is 7.98. The van der Waals surface area contributed by atoms with Crippen molar-refractivity contribution in [3.05, 3.63) is 106 Å². The van der Waals surface area contributed by atoms with Gasteiger partial charge in [0.15, 0.2) is 5.76 Å². The first-order chi connectivity index (χ1) is 15.3. The van der Waals surface area contributed by atoms with Crippen molar-refractivity contribution in [2.75, 3.05) is 6.26 Å². The number of benzene rings is 3. The topological polar surface area (TPSA) is 74.7 Å². The highest BCUT2D eigenvalue weighted by atomic mass is 32.2. The first kappa shape index (κ1) is 22.2. The lowest BCUT2D eigenvalue weighted by Gasteiger charge is -2.27. The first-order valence-electron chi connectivity index (χ1n) is 10.1. The summed E-state index contributed by atoms with van der Waals surface area (Å²) in [5, 5.41) is 10.8. The Kier molecular flexibility index (Phi) is 6.13. The zero-order valence-electron chi connectivity index (χ0n) is 17.7. The third kappa shape index (κ3) is 4.06. The molecule has 0 spiro atoms. The molecule has 5 nitrogen and oxygen atoms in total. The molecule has 164 valence electrons. The second kappa shape index (κ2) is 8.84. The van der Waals surface area contributed by atoms with E-state index >= 15 is 0 Å². The lowest BCUT2D eigenvalue weighted by molar-refractivity contribution is -0.130. The molecule has 32 heavy (non-hydrogen) atoms. The van der Waals surface area contributed by atoms with E-state index in [1.165, 1.54) is 17.0 Å². The van der Waals surface area contributed by atoms with Crippen molar-refractivity contribution in [2.45, 2.75) is 29.3 Å². The van der Waals surface area contributed by atoms with E-state index in [4.69, 9.17) is 0 Å². The number of thioether (sulfide) groups is 1. The molecule has 1 N–H and O–H groups in total. The number of hydrogen-bond donors (Lipinski definition) is 1. The largest absolute Gasteiger partial charge is 0.502 e. The Bertz CT molecular complexity index is 1270. The molecule has 0 radical (unpaired) electrons. The predicted molar refractivity (Wildman–Crippen MR) is 126 cm³/mol. The predicted octanol–water partition coefficient (Wildman–Crippen LogP) is 5.04. The first-order valence-corrected chi connectivity index (χ1v) is 12.8. The summed E-state index contributed by atoms with van der Waals surface area (Å²) in [7, 11) is -4.11. The summed E-state index contributed by atoms with van der Waals surface area (Å²) in [6.07, 6.45) is 1.95. The third-order valence-corrected chi connectivity index (χ3v) is 8.14. The van der Waals surface area contributed by atoms with Crippen molar-refractivity contribution in [1.82, 2.24) is 4.90 Å². The van der Waals surface area contributed by atoms with Gasteiger partial charge >= 0.3 is 0 Å². The molecule has 1 amide bonds. The van der Waals surface area contributed by atoms with Crippen molar-refractivity contribution in [2.24, 2.45) is 0 Å². The van der Waals surface area contributed by atoms with Crippen LogP contribution in [0.15, 0.2) is 99.3 Å². The molecule has 0 saturated heterocycles. The molecule has 1 aliphatic heterocycles. The smallest absolute Gasteiger partial charge is 0.290 e. The van der Waals surface area contributed by atoms with E-state index in [2.05, 4.69) is 0 Å². The number of aliphatic hydroxyl groups is 1. The van der Waals surface area contributed by atoms with Gasteiger partial charge in [0.2, 0.25) is 9.84 Å². The quantitative estimate of drug-likeness (QED) is 0.516. The molecule has 0 saturated carbocycles. The Hall–Kier alpha value is -3.03. The molecule has 1 atom stereocenters. The summed E-state index contributed by atoms with van der Waals surface area (Å²) in [4.78, 5) is 15.3. The molecule has 0 fully saturated rings. The molecule has 4 rings (SSSR count). The van der Waals surface area contributed by atoms with Crippen molar-refractivity contribution >= 4 is 27.5 Å². The summed E-state index contributed by atoms with van der Waals surface area (Å²) in [6, 6.07) is 22.2. The number of sulfone groups is 1. The summed E-state index contributed by atoms with van der Waals surface area (Å²) in [6.45, 7) is 2.04. The molecule has 0 aromatic heterocycles. The zero-order valence-corrected chi connectivity index (χ0v) is 19.4. The summed E-state index contributed by atoms with van der Waals surface area (Å²) in [5.74, 6) is -1.42. The highest BCUT2D eigenvalue weighted by Crippen LogP contribution is 2.43. The zero-order chi connectivity index (χ0) is 22.9. The molecule has 1 aliphatic rings. The number of nitrogens with zero attached hydrogens (tertiary/aromatic N) is 1. The van der Waals surface area contributed by atoms with Crippen molar-refractivity contribution in [1.29, 1.82) is 0 Å². The van der Waals surface area contributed by atoms with E-state index in [1.54, 1.807) is 23.9 Å². The van der Waals surface area contributed by atoms with Crippen molar-refractivity contribution in [3.8, 4) is 0 Å². The molecule has 7 heteroatoms. The van der Waals surface area contributed by atoms with Crippen LogP contribution in [0.1, 0.15) is 22.7 Å². The number of rotatable bonds is 6. The molecule has 0 bridgehead atoms. The van der Waals surface area contributed by atoms with Gasteiger partial charge in [0.25, 0.3) is 5.91 Å². The van der Waals surface area contributed by atoms with Gasteiger partial charge in [0, 0.05) is 11.4 Å². The normalized spacial score (nSPS) is 16.6. The van der Waals surface area contributed by atoms with Gasteiger partial charge in [-0.15, -0.1) is 11.8 Å². The minimum absolute atomic E-state index is 0.0461. The van der Waals surface area contributed by atoms with Gasteiger partial charge in [-0.05, 0) is 48.6 Å². The molecule has 3 aromatic carbocycles. The number of carbonyl (C=O) groups is 1. The number of carbonyl (C=O) groups excluding carboxylic acids is 1. The van der Waals surface area contributed by atoms with Crippen molar-refractivity contribution in [3.63, 3.8) is 0 Å². The molecule has 3 aromatic rings. The minimum atomic E-state index is -4.11. The van der Waals surface area contributed by atoms with E-state index in [0.717, 1.165) is 16.0 Å². The standard InChI is InChI=1S/C25H23NO4S2/c1-17-8-14-21(15-9-17)32(29,30)24-22(19-10-12-20(31-2)13-11-19)26(25(28)23(24)27)16-18-6-4-3-5-7-18/h3-15,22,27H,16H2,1-2H3. The van der Waals surface area contributed by atoms with Crippen LogP contribution < -0.4 is 0 Å². The second-order valence-corrected chi connectivity index (χ2v) is 10.4. The van der Waals surface area contributed by atoms with Gasteiger partial charge in [0.05, 0.1) is 10.9 Å². The maximum absolute atomic E-state index is 13.6. The van der Waals surface area contributed by atoms with Gasteiger partial charge in [-0.1, -0.05) is 60.2 Å². The van der Waals surface area contributed by atoms with Gasteiger partial charge in [0.1, 0.15) is 4.91 Å². The van der Waals surface area contributed by atoms with Crippen molar-refractivity contribution < 1.29 is 18.3 Å². The van der Waals surface area contributed by atoms with E-state index in [-0.39, 0.29) is 16.3 Å². The number of aliphatic hydroxyl groups excluding tert-OH is 1. The van der Waals surface area contributed by atoms with Gasteiger partial charge in [-0.2, -0.15) is 0 Å². The average molecular weight is 466 g/mol. The molecular formula is C25H23NO4S2. The minimum Gasteiger partial charge on any atom is -0.502 e. The lowest BCUT2D eigenvalue weighted by Crippen LogP contribution is -2.30. The Morgan fingerprint density at radius 3 is 2.16 bits per heavy atom. The monoisotopic (exact) mass is 465 g/mol. The summed E-state index contributed by atoms with van der Waals surface area (Å²) >= 11 is 1.57. The Balaban J connectivity index is 1.85. The van der Waals surface area contributed by atoms with E-state index < -0.39 is 27.5 Å². The van der Waals surface area contributed by atoms with E-state index in [1.807, 2.05) is 67.8 Å². The fourth-order valence-electron chi connectivity index (χ4n) is 3.81. The van der Waals surface area contributed by atoms with Gasteiger partial charge < -0.3 is 10.0 Å². The number of amides is 1. The molecule has 1 unspecified atom stereocenters. The van der Waals surface area contributed by atoms with Crippen LogP contribution in [0.5, 0.6) is 0 Å². The fourth-order valence-corrected chi connectivity index (χ4v) is 5.86. The molecule has 1 heterocycles. The molecule has 0 aliphatic carbocycles. The second-order valence-electron chi connectivity index (χ2n) is 7.62. The lowest BCUT2D eigenvalue weighted by atomic mass is 10.1. The fraction of sp³-hybridized carbons (Fsp3) is 0.160. The van der Waals surface area contributed by atoms with Crippen LogP contribution in [0.2, 0.25) is 0 Å². The van der Waals surface area contributed by atoms with Crippen LogP contribution in [-0.4, -0.2) is 30.6 Å². The van der Waals surface area contributed by atoms with Crippen LogP contribution in [0.4, 0.5) is 0 Å². The van der Waals surface area contributed by atoms with E-state index in [0.29, 0.717) is 5.56 Å². The van der Waals surface area contributed by atoms with Crippen LogP contribution in [-0.2, 0) is 21.2 Å². The van der Waals surface area contributed by atoms with Crippen LogP contribution >= 0.6 is 11.8 Å². The highest BCUT2D eigenvalue weighted by Gasteiger charge is 2.46. The molecular weight excluding hydrogens is 442 g/mol. The summed E-state index contributed by atoms with van der Waals surface area (Å²) < 4.78 is 27.2. The SMILES string of the molecule is CSc1ccc(C2C(S(=O)(=O)c3ccc(C)cc3)=C(O)C(=O)N2Cc2ccccc2)cc1. The number of aryl methyl sites for hydroxylation is 1. The van der Waals surface area contributed by atoms with Crippen LogP contribution in [0.3, 0.4) is 0 Å². The maximum Gasteiger partial charge on any atom is 0.290 e. The Labute approximate surface area is 192 Å². The Morgan fingerprint density at radius 1 is 0.938 bits per heavy atom. The van der Waals surface area contributed by atoms with E-state index in [9.17, 15) is 18.3 Å². The average Bonchev–Trinajstić information content (AvgIpc) is 3.05. The maximum atomic E-state index is 13.6. The number of hydrogen-bond acceptors (Lipinski definition) is 5. The summed E-state index contributed by atoms with van der Waals surface area (Å²) in [5.41, 5.74) is 2.38. The van der Waals surface area contributed by atoms with Gasteiger partial charge in [-0.25, -0.2) is 8.42 Å².